The number of nitrogen functional groups attached to an aromatic ring is 1. The molecule has 10 heteroatoms. The number of carbonyl (C=O) groups is 2. The molecule has 3 aromatic rings. The number of rotatable bonds is 5. The van der Waals surface area contributed by atoms with Gasteiger partial charge in [0.25, 0.3) is 5.91 Å². The summed E-state index contributed by atoms with van der Waals surface area (Å²) in [4.78, 5) is 24.9. The molecule has 3 rings (SSSR count). The molecule has 1 heterocycles. The van der Waals surface area contributed by atoms with E-state index in [-0.39, 0.29) is 34.7 Å². The minimum atomic E-state index is -0.660. The van der Waals surface area contributed by atoms with E-state index >= 15 is 0 Å². The van der Waals surface area contributed by atoms with Crippen LogP contribution in [0, 0.1) is 26.6 Å². The summed E-state index contributed by atoms with van der Waals surface area (Å²) in [6.07, 6.45) is 0. The second kappa shape index (κ2) is 8.50. The van der Waals surface area contributed by atoms with Crippen molar-refractivity contribution < 1.29 is 14.0 Å². The summed E-state index contributed by atoms with van der Waals surface area (Å²) in [5.41, 5.74) is 9.74. The average Bonchev–Trinajstić information content (AvgIpc) is 3.02. The molecule has 2 aromatic carbocycles. The van der Waals surface area contributed by atoms with Crippen molar-refractivity contribution in [1.29, 1.82) is 0 Å². The van der Waals surface area contributed by atoms with Crippen LogP contribution >= 0.6 is 11.6 Å². The summed E-state index contributed by atoms with van der Waals surface area (Å²) in [5, 5.41) is 12.7. The highest BCUT2D eigenvalue weighted by Gasteiger charge is 2.20. The number of aryl methyl sites for hydroxylation is 3. The van der Waals surface area contributed by atoms with Crippen LogP contribution in [0.5, 0.6) is 0 Å². The van der Waals surface area contributed by atoms with E-state index in [0.29, 0.717) is 0 Å². The van der Waals surface area contributed by atoms with Gasteiger partial charge in [-0.1, -0.05) is 34.5 Å². The van der Waals surface area contributed by atoms with Crippen molar-refractivity contribution in [2.24, 2.45) is 0 Å². The van der Waals surface area contributed by atoms with Gasteiger partial charge >= 0.3 is 0 Å². The van der Waals surface area contributed by atoms with Crippen molar-refractivity contribution in [2.45, 2.75) is 27.3 Å². The van der Waals surface area contributed by atoms with Crippen molar-refractivity contribution >= 4 is 40.6 Å². The second-order valence-corrected chi connectivity index (χ2v) is 7.29. The fourth-order valence-electron chi connectivity index (χ4n) is 3.06. The van der Waals surface area contributed by atoms with E-state index in [1.807, 2.05) is 32.9 Å². The SMILES string of the molecule is Cc1cc(C)c(NC(=O)Cn2nnc(C(=O)Nc3ccc(F)c(Cl)c3)c2N)c(C)c1. The summed E-state index contributed by atoms with van der Waals surface area (Å²) in [5.74, 6) is -1.70. The molecule has 0 saturated heterocycles. The number of carbonyl (C=O) groups excluding carboxylic acids is 2. The van der Waals surface area contributed by atoms with Crippen LogP contribution in [0.3, 0.4) is 0 Å². The molecule has 0 unspecified atom stereocenters. The van der Waals surface area contributed by atoms with Crippen LogP contribution in [0.1, 0.15) is 27.2 Å². The number of benzene rings is 2. The first-order valence-electron chi connectivity index (χ1n) is 8.98. The number of hydrogen-bond acceptors (Lipinski definition) is 5. The Kier molecular flexibility index (Phi) is 6.02. The third kappa shape index (κ3) is 4.57. The summed E-state index contributed by atoms with van der Waals surface area (Å²) < 4.78 is 14.4. The number of nitrogens with two attached hydrogens (primary N) is 1. The van der Waals surface area contributed by atoms with E-state index in [2.05, 4.69) is 20.9 Å². The highest BCUT2D eigenvalue weighted by molar-refractivity contribution is 6.31. The summed E-state index contributed by atoms with van der Waals surface area (Å²) in [6, 6.07) is 7.67. The smallest absolute Gasteiger partial charge is 0.280 e. The molecule has 0 aliphatic carbocycles. The fraction of sp³-hybridized carbons (Fsp3) is 0.200. The lowest BCUT2D eigenvalue weighted by Gasteiger charge is -2.13. The second-order valence-electron chi connectivity index (χ2n) is 6.89. The van der Waals surface area contributed by atoms with Gasteiger partial charge in [-0.05, 0) is 50.1 Å². The van der Waals surface area contributed by atoms with Crippen LogP contribution in [0.4, 0.5) is 21.6 Å². The van der Waals surface area contributed by atoms with Crippen LogP contribution < -0.4 is 16.4 Å². The highest BCUT2D eigenvalue weighted by Crippen LogP contribution is 2.23. The van der Waals surface area contributed by atoms with Crippen LogP contribution in [-0.2, 0) is 11.3 Å². The third-order valence-electron chi connectivity index (χ3n) is 4.40. The Balaban J connectivity index is 1.71. The van der Waals surface area contributed by atoms with Gasteiger partial charge in [0, 0.05) is 11.4 Å². The minimum absolute atomic E-state index is 0.0757. The lowest BCUT2D eigenvalue weighted by molar-refractivity contribution is -0.116. The predicted molar refractivity (Wildman–Crippen MR) is 113 cm³/mol. The molecule has 0 aliphatic heterocycles. The van der Waals surface area contributed by atoms with Gasteiger partial charge in [-0.25, -0.2) is 9.07 Å². The predicted octanol–water partition coefficient (Wildman–Crippen LogP) is 3.47. The number of aromatic nitrogens is 3. The van der Waals surface area contributed by atoms with Crippen LogP contribution in [0.25, 0.3) is 0 Å². The number of nitrogens with zero attached hydrogens (tertiary/aromatic N) is 3. The maximum Gasteiger partial charge on any atom is 0.280 e. The molecule has 8 nitrogen and oxygen atoms in total. The average molecular weight is 431 g/mol. The molecular weight excluding hydrogens is 411 g/mol. The van der Waals surface area contributed by atoms with E-state index in [4.69, 9.17) is 17.3 Å². The molecule has 0 atom stereocenters. The number of halogens is 2. The van der Waals surface area contributed by atoms with E-state index in [1.165, 1.54) is 12.1 Å². The Morgan fingerprint density at radius 1 is 1.13 bits per heavy atom. The Hall–Kier alpha value is -3.46. The molecule has 0 radical (unpaired) electrons. The van der Waals surface area contributed by atoms with E-state index < -0.39 is 11.7 Å². The topological polar surface area (TPSA) is 115 Å². The first-order valence-corrected chi connectivity index (χ1v) is 9.36. The zero-order chi connectivity index (χ0) is 22.0. The Labute approximate surface area is 177 Å². The molecular formula is C20H20ClFN6O2. The lowest BCUT2D eigenvalue weighted by Crippen LogP contribution is -2.22. The van der Waals surface area contributed by atoms with Gasteiger partial charge in [0.2, 0.25) is 5.91 Å². The van der Waals surface area contributed by atoms with Crippen molar-refractivity contribution in [3.8, 4) is 0 Å². The zero-order valence-corrected chi connectivity index (χ0v) is 17.3. The normalized spacial score (nSPS) is 10.7. The highest BCUT2D eigenvalue weighted by atomic mass is 35.5. The van der Waals surface area contributed by atoms with Crippen LogP contribution in [0.2, 0.25) is 5.02 Å². The largest absolute Gasteiger partial charge is 0.382 e. The van der Waals surface area contributed by atoms with Gasteiger partial charge in [0.1, 0.15) is 12.4 Å². The Bertz CT molecular complexity index is 1120. The standard InChI is InChI=1S/C20H20ClFN6O2/c1-10-6-11(2)17(12(3)7-10)25-16(29)9-28-19(23)18(26-27-28)20(30)24-13-4-5-15(22)14(21)8-13/h4-8H,9,23H2,1-3H3,(H,24,30)(H,25,29). The third-order valence-corrected chi connectivity index (χ3v) is 4.69. The molecule has 30 heavy (non-hydrogen) atoms. The fourth-order valence-corrected chi connectivity index (χ4v) is 3.24. The van der Waals surface area contributed by atoms with Gasteiger partial charge < -0.3 is 16.4 Å². The molecule has 2 amide bonds. The molecule has 4 N–H and O–H groups in total. The quantitative estimate of drug-likeness (QED) is 0.573. The van der Waals surface area contributed by atoms with Crippen molar-refractivity contribution in [3.05, 3.63) is 63.6 Å². The molecule has 156 valence electrons. The number of amides is 2. The molecule has 0 fully saturated rings. The summed E-state index contributed by atoms with van der Waals surface area (Å²) in [6.45, 7) is 5.57. The summed E-state index contributed by atoms with van der Waals surface area (Å²) >= 11 is 5.71. The van der Waals surface area contributed by atoms with Gasteiger partial charge in [0.05, 0.1) is 5.02 Å². The molecule has 0 saturated carbocycles. The molecule has 1 aromatic heterocycles. The van der Waals surface area contributed by atoms with Gasteiger partial charge in [-0.3, -0.25) is 9.59 Å². The monoisotopic (exact) mass is 430 g/mol. The van der Waals surface area contributed by atoms with E-state index in [9.17, 15) is 14.0 Å². The lowest BCUT2D eigenvalue weighted by atomic mass is 10.1. The van der Waals surface area contributed by atoms with Gasteiger partial charge in [-0.15, -0.1) is 5.10 Å². The molecule has 0 bridgehead atoms. The molecule has 0 aliphatic rings. The number of nitrogens with one attached hydrogen (secondary N) is 2. The number of hydrogen-bond donors (Lipinski definition) is 3. The Morgan fingerprint density at radius 3 is 2.43 bits per heavy atom. The minimum Gasteiger partial charge on any atom is -0.382 e. The van der Waals surface area contributed by atoms with Crippen molar-refractivity contribution in [1.82, 2.24) is 15.0 Å². The zero-order valence-electron chi connectivity index (χ0n) is 16.6. The Morgan fingerprint density at radius 2 is 1.80 bits per heavy atom. The van der Waals surface area contributed by atoms with E-state index in [0.717, 1.165) is 33.1 Å². The van der Waals surface area contributed by atoms with Gasteiger partial charge in [-0.2, -0.15) is 0 Å². The van der Waals surface area contributed by atoms with E-state index in [1.54, 1.807) is 0 Å². The first-order chi connectivity index (χ1) is 14.2. The maximum atomic E-state index is 13.2. The van der Waals surface area contributed by atoms with Crippen LogP contribution in [-0.4, -0.2) is 26.8 Å². The summed E-state index contributed by atoms with van der Waals surface area (Å²) in [7, 11) is 0. The van der Waals surface area contributed by atoms with Gasteiger partial charge in [0.15, 0.2) is 11.5 Å². The van der Waals surface area contributed by atoms with Crippen molar-refractivity contribution in [3.63, 3.8) is 0 Å². The first kappa shape index (κ1) is 21.3. The number of anilines is 3. The van der Waals surface area contributed by atoms with Crippen molar-refractivity contribution in [2.75, 3.05) is 16.4 Å². The molecule has 0 spiro atoms. The van der Waals surface area contributed by atoms with Crippen LogP contribution in [0.15, 0.2) is 30.3 Å². The maximum absolute atomic E-state index is 13.2.